The van der Waals surface area contributed by atoms with Gasteiger partial charge in [0, 0.05) is 0 Å². The molecule has 0 aliphatic rings. The van der Waals surface area contributed by atoms with E-state index in [4.69, 9.17) is 15.0 Å². The third kappa shape index (κ3) is 58.8. The molecular formula is CH6BaLiNaO3. The Balaban J connectivity index is -0.00000000214. The maximum absolute atomic E-state index is 8.56. The van der Waals surface area contributed by atoms with Gasteiger partial charge in [0.25, 0.3) is 0 Å². The van der Waals surface area contributed by atoms with Gasteiger partial charge >= 0.3 is 103 Å². The Hall–Kier alpha value is 2.44. The summed E-state index contributed by atoms with van der Waals surface area (Å²) in [6.07, 6.45) is -1.83. The van der Waals surface area contributed by atoms with E-state index in [0.717, 1.165) is 0 Å². The smallest absolute Gasteiger partial charge is 1.00 e. The topological polar surface area (TPSA) is 57.5 Å². The van der Waals surface area contributed by atoms with Crippen LogP contribution in [0.3, 0.4) is 0 Å². The fourth-order valence-electron chi connectivity index (χ4n) is 0. The van der Waals surface area contributed by atoms with Gasteiger partial charge in [0.05, 0.1) is 0 Å². The molecule has 0 aliphatic carbocycles. The van der Waals surface area contributed by atoms with Crippen LogP contribution >= 0.6 is 0 Å². The molecule has 3 nitrogen and oxygen atoms in total. The molecule has 0 bridgehead atoms. The van der Waals surface area contributed by atoms with Crippen molar-refractivity contribution in [2.75, 3.05) is 0 Å². The van der Waals surface area contributed by atoms with Crippen molar-refractivity contribution in [1.82, 2.24) is 0 Å². The summed E-state index contributed by atoms with van der Waals surface area (Å²) >= 11 is 0. The largest absolute Gasteiger partial charge is 2.00 e. The standard InChI is InChI=1S/CH2O3.Ba.Li.Na.4H/c2-1(3)4;;;;;;;/h(H2,2,3,4);;;;;;;/q;+2;2*+1;4*-1. The molecule has 0 radical (unpaired) electrons. The molecule has 0 unspecified atom stereocenters. The maximum Gasteiger partial charge on any atom is 2.00 e. The van der Waals surface area contributed by atoms with E-state index in [0.29, 0.717) is 0 Å². The zero-order chi connectivity index (χ0) is 3.58. The van der Waals surface area contributed by atoms with Crippen molar-refractivity contribution in [3.8, 4) is 0 Å². The van der Waals surface area contributed by atoms with Crippen LogP contribution < -0.4 is 48.4 Å². The Morgan fingerprint density at radius 2 is 1.43 bits per heavy atom. The van der Waals surface area contributed by atoms with E-state index in [1.54, 1.807) is 0 Å². The third-order valence-corrected chi connectivity index (χ3v) is 0. The van der Waals surface area contributed by atoms with E-state index in [1.807, 2.05) is 0 Å². The van der Waals surface area contributed by atoms with Crippen LogP contribution in [0.4, 0.5) is 4.79 Å². The zero-order valence-electron chi connectivity index (χ0n) is 8.51. The van der Waals surface area contributed by atoms with Gasteiger partial charge in [-0.25, -0.2) is 4.79 Å². The minimum absolute atomic E-state index is 0. The number of rotatable bonds is 0. The summed E-state index contributed by atoms with van der Waals surface area (Å²) in [4.78, 5) is 8.56. The van der Waals surface area contributed by atoms with Crippen LogP contribution in [-0.2, 0) is 0 Å². The van der Waals surface area contributed by atoms with Crippen molar-refractivity contribution in [2.24, 2.45) is 0 Å². The quantitative estimate of drug-likeness (QED) is 0.410. The first-order valence-corrected chi connectivity index (χ1v) is 0.651. The van der Waals surface area contributed by atoms with Gasteiger partial charge in [0.2, 0.25) is 0 Å². The first kappa shape index (κ1) is 22.7. The Labute approximate surface area is 122 Å². The van der Waals surface area contributed by atoms with Crippen LogP contribution in [0, 0.1) is 0 Å². The van der Waals surface area contributed by atoms with E-state index in [2.05, 4.69) is 0 Å². The summed E-state index contributed by atoms with van der Waals surface area (Å²) in [7, 11) is 0. The summed E-state index contributed by atoms with van der Waals surface area (Å²) in [5.74, 6) is 0. The van der Waals surface area contributed by atoms with Gasteiger partial charge < -0.3 is 15.9 Å². The van der Waals surface area contributed by atoms with Crippen molar-refractivity contribution in [3.63, 3.8) is 0 Å². The number of hydrogen-bond donors (Lipinski definition) is 2. The van der Waals surface area contributed by atoms with Crippen LogP contribution in [0.1, 0.15) is 5.71 Å². The van der Waals surface area contributed by atoms with E-state index < -0.39 is 6.16 Å². The van der Waals surface area contributed by atoms with Crippen LogP contribution in [0.5, 0.6) is 0 Å². The SMILES string of the molecule is O=C(O)O.[Ba+2].[H-].[H-].[H-].[H-].[Li+].[Na+]. The predicted octanol–water partition coefficient (Wildman–Crippen LogP) is -5.70. The number of carbonyl (C=O) groups is 1. The van der Waals surface area contributed by atoms with E-state index in [9.17, 15) is 0 Å². The molecule has 0 atom stereocenters. The molecule has 0 aromatic carbocycles. The molecule has 0 amide bonds. The second kappa shape index (κ2) is 15.8. The molecule has 0 saturated carbocycles. The monoisotopic (exact) mass is 234 g/mol. The van der Waals surface area contributed by atoms with Gasteiger partial charge in [0.15, 0.2) is 0 Å². The molecule has 0 rings (SSSR count). The molecule has 6 heteroatoms. The maximum atomic E-state index is 8.56. The average molecular weight is 233 g/mol. The van der Waals surface area contributed by atoms with Crippen molar-refractivity contribution in [3.05, 3.63) is 0 Å². The van der Waals surface area contributed by atoms with Crippen molar-refractivity contribution < 1.29 is 69.1 Å². The predicted molar refractivity (Wildman–Crippen MR) is 20.9 cm³/mol. The molecule has 0 aliphatic heterocycles. The van der Waals surface area contributed by atoms with Crippen LogP contribution in [-0.4, -0.2) is 65.2 Å². The molecule has 7 heavy (non-hydrogen) atoms. The average Bonchev–Trinajstić information content (AvgIpc) is 0.811. The van der Waals surface area contributed by atoms with Gasteiger partial charge in [0.1, 0.15) is 0 Å². The normalized spacial score (nSPS) is 3.43. The molecule has 0 fully saturated rings. The van der Waals surface area contributed by atoms with Gasteiger partial charge in [-0.3, -0.25) is 0 Å². The zero-order valence-corrected chi connectivity index (χ0v) is 11.0. The fraction of sp³-hybridized carbons (Fsp3) is 0. The summed E-state index contributed by atoms with van der Waals surface area (Å²) < 4.78 is 0. The molecular weight excluding hydrogens is 227 g/mol. The van der Waals surface area contributed by atoms with Crippen LogP contribution in [0.15, 0.2) is 0 Å². The summed E-state index contributed by atoms with van der Waals surface area (Å²) in [5.41, 5.74) is 0. The Kier molecular flexibility index (Phi) is 51.2. The van der Waals surface area contributed by atoms with Crippen molar-refractivity contribution in [2.45, 2.75) is 0 Å². The third-order valence-electron chi connectivity index (χ3n) is 0. The molecule has 2 N–H and O–H groups in total. The number of hydrogen-bond acceptors (Lipinski definition) is 1. The number of carboxylic acid groups (broad SMARTS) is 2. The van der Waals surface area contributed by atoms with E-state index in [1.165, 1.54) is 0 Å². The van der Waals surface area contributed by atoms with Crippen molar-refractivity contribution >= 4 is 55.0 Å². The van der Waals surface area contributed by atoms with E-state index in [-0.39, 0.29) is 103 Å². The Morgan fingerprint density at radius 1 is 1.43 bits per heavy atom. The molecule has 0 spiro atoms. The Bertz CT molecular complexity index is 48.3. The van der Waals surface area contributed by atoms with Gasteiger partial charge in [-0.1, -0.05) is 0 Å². The first-order chi connectivity index (χ1) is 1.73. The van der Waals surface area contributed by atoms with Crippen LogP contribution in [0.25, 0.3) is 0 Å². The fourth-order valence-corrected chi connectivity index (χ4v) is 0. The molecule has 32 valence electrons. The molecule has 0 heterocycles. The minimum Gasteiger partial charge on any atom is -1.00 e. The van der Waals surface area contributed by atoms with Crippen LogP contribution in [0.2, 0.25) is 0 Å². The van der Waals surface area contributed by atoms with E-state index >= 15 is 0 Å². The van der Waals surface area contributed by atoms with Gasteiger partial charge in [-0.15, -0.1) is 0 Å². The summed E-state index contributed by atoms with van der Waals surface area (Å²) in [5, 5.41) is 13.9. The van der Waals surface area contributed by atoms with Crippen molar-refractivity contribution in [1.29, 1.82) is 0 Å². The second-order valence-electron chi connectivity index (χ2n) is 0.283. The summed E-state index contributed by atoms with van der Waals surface area (Å²) in [6.45, 7) is 0. The van der Waals surface area contributed by atoms with Gasteiger partial charge in [-0.2, -0.15) is 0 Å². The molecule has 0 aromatic heterocycles. The summed E-state index contributed by atoms with van der Waals surface area (Å²) in [6, 6.07) is 0. The second-order valence-corrected chi connectivity index (χ2v) is 0.283. The minimum atomic E-state index is -1.83. The molecule has 0 aromatic rings. The first-order valence-electron chi connectivity index (χ1n) is 0.651. The Morgan fingerprint density at radius 3 is 1.43 bits per heavy atom. The van der Waals surface area contributed by atoms with Gasteiger partial charge in [-0.05, 0) is 0 Å². The molecule has 0 saturated heterocycles.